The van der Waals surface area contributed by atoms with Crippen LogP contribution in [0.25, 0.3) is 17.0 Å². The first-order valence-electron chi connectivity index (χ1n) is 12.2. The lowest BCUT2D eigenvalue weighted by Gasteiger charge is -2.32. The van der Waals surface area contributed by atoms with E-state index in [1.807, 2.05) is 24.3 Å². The molecule has 3 aromatic carbocycles. The van der Waals surface area contributed by atoms with Crippen LogP contribution in [0.2, 0.25) is 0 Å². The van der Waals surface area contributed by atoms with Gasteiger partial charge in [0.1, 0.15) is 0 Å². The lowest BCUT2D eigenvalue weighted by molar-refractivity contribution is -0.116. The standard InChI is InChI=1S/C29H28N4OS/c34-29(27-17-25-28-24(31-32-25)11-6-12-26(28)35-27)30-18-22-9-4-5-10-23(22)19-33-15-13-21(14-16-33)20-7-2-1-3-8-20/h1-12,17,21H,13-16,18-19H2,(H,30,34)(H,31,32). The molecule has 35 heavy (non-hydrogen) atoms. The fourth-order valence-electron chi connectivity index (χ4n) is 5.18. The van der Waals surface area contributed by atoms with Gasteiger partial charge in [-0.05, 0) is 66.7 Å². The van der Waals surface area contributed by atoms with E-state index in [1.54, 1.807) is 0 Å². The van der Waals surface area contributed by atoms with Crippen molar-refractivity contribution in [3.8, 4) is 0 Å². The Morgan fingerprint density at radius 1 is 0.971 bits per heavy atom. The van der Waals surface area contributed by atoms with Crippen LogP contribution >= 0.6 is 11.8 Å². The molecule has 2 aliphatic heterocycles. The summed E-state index contributed by atoms with van der Waals surface area (Å²) in [4.78, 5) is 17.3. The van der Waals surface area contributed by atoms with E-state index in [4.69, 9.17) is 0 Å². The first-order valence-corrected chi connectivity index (χ1v) is 13.0. The number of carbonyl (C=O) groups is 1. The van der Waals surface area contributed by atoms with E-state index in [2.05, 4.69) is 75.0 Å². The Hall–Kier alpha value is -3.35. The molecule has 2 aliphatic rings. The molecule has 0 atom stereocenters. The maximum atomic E-state index is 13.0. The summed E-state index contributed by atoms with van der Waals surface area (Å²) < 4.78 is 0. The quantitative estimate of drug-likeness (QED) is 0.371. The Morgan fingerprint density at radius 3 is 2.57 bits per heavy atom. The fraction of sp³-hybridized carbons (Fsp3) is 0.241. The van der Waals surface area contributed by atoms with Crippen LogP contribution in [-0.2, 0) is 17.9 Å². The number of nitrogens with zero attached hydrogens (tertiary/aromatic N) is 2. The summed E-state index contributed by atoms with van der Waals surface area (Å²) in [6, 6.07) is 25.4. The lowest BCUT2D eigenvalue weighted by Crippen LogP contribution is -2.33. The summed E-state index contributed by atoms with van der Waals surface area (Å²) >= 11 is 1.51. The third-order valence-electron chi connectivity index (χ3n) is 7.10. The van der Waals surface area contributed by atoms with Crippen LogP contribution in [0.5, 0.6) is 0 Å². The number of thioether (sulfide) groups is 1. The Bertz CT molecular complexity index is 1390. The minimum atomic E-state index is -0.0502. The SMILES string of the molecule is O=C(NCc1ccccc1CN1CCC(c2ccccc2)CC1)C1=Cc2[nH]nc3cccc(c23)S1. The summed E-state index contributed by atoms with van der Waals surface area (Å²) in [6.45, 7) is 3.64. The van der Waals surface area contributed by atoms with Gasteiger partial charge in [-0.1, -0.05) is 72.4 Å². The van der Waals surface area contributed by atoms with E-state index >= 15 is 0 Å². The van der Waals surface area contributed by atoms with Gasteiger partial charge in [0.15, 0.2) is 0 Å². The van der Waals surface area contributed by atoms with Gasteiger partial charge in [0.25, 0.3) is 5.91 Å². The van der Waals surface area contributed by atoms with E-state index in [-0.39, 0.29) is 5.91 Å². The predicted molar refractivity (Wildman–Crippen MR) is 142 cm³/mol. The average molecular weight is 481 g/mol. The number of likely N-dealkylation sites (tertiary alicyclic amines) is 1. The first-order chi connectivity index (χ1) is 17.2. The molecule has 3 heterocycles. The summed E-state index contributed by atoms with van der Waals surface area (Å²) in [5.74, 6) is 0.607. The Morgan fingerprint density at radius 2 is 1.74 bits per heavy atom. The number of nitrogens with one attached hydrogen (secondary N) is 2. The Balaban J connectivity index is 1.08. The van der Waals surface area contributed by atoms with Gasteiger partial charge in [-0.3, -0.25) is 14.8 Å². The number of H-pyrrole nitrogens is 1. The van der Waals surface area contributed by atoms with Crippen LogP contribution < -0.4 is 5.32 Å². The molecule has 1 aromatic heterocycles. The predicted octanol–water partition coefficient (Wildman–Crippen LogP) is 5.71. The minimum Gasteiger partial charge on any atom is -0.347 e. The second kappa shape index (κ2) is 9.72. The van der Waals surface area contributed by atoms with Gasteiger partial charge in [0, 0.05) is 23.4 Å². The third kappa shape index (κ3) is 4.64. The van der Waals surface area contributed by atoms with Crippen molar-refractivity contribution in [3.63, 3.8) is 0 Å². The molecule has 0 aliphatic carbocycles. The van der Waals surface area contributed by atoms with Gasteiger partial charge < -0.3 is 5.32 Å². The first kappa shape index (κ1) is 22.1. The van der Waals surface area contributed by atoms with Crippen molar-refractivity contribution in [3.05, 3.63) is 100 Å². The van der Waals surface area contributed by atoms with Gasteiger partial charge in [0.05, 0.1) is 16.1 Å². The Labute approximate surface area is 209 Å². The van der Waals surface area contributed by atoms with Crippen molar-refractivity contribution in [2.75, 3.05) is 13.1 Å². The maximum Gasteiger partial charge on any atom is 0.258 e. The topological polar surface area (TPSA) is 61.0 Å². The average Bonchev–Trinajstić information content (AvgIpc) is 3.33. The number of hydrogen-bond donors (Lipinski definition) is 2. The molecule has 1 amide bonds. The zero-order valence-corrected chi connectivity index (χ0v) is 20.4. The molecule has 0 bridgehead atoms. The second-order valence-corrected chi connectivity index (χ2v) is 10.4. The van der Waals surface area contributed by atoms with E-state index in [9.17, 15) is 4.79 Å². The number of piperidine rings is 1. The Kier molecular flexibility index (Phi) is 6.15. The van der Waals surface area contributed by atoms with Crippen LogP contribution in [0.3, 0.4) is 0 Å². The molecule has 0 unspecified atom stereocenters. The lowest BCUT2D eigenvalue weighted by atomic mass is 9.89. The molecule has 5 nitrogen and oxygen atoms in total. The van der Waals surface area contributed by atoms with Gasteiger partial charge >= 0.3 is 0 Å². The molecule has 6 rings (SSSR count). The van der Waals surface area contributed by atoms with E-state index in [0.717, 1.165) is 41.1 Å². The molecular weight excluding hydrogens is 452 g/mol. The zero-order valence-electron chi connectivity index (χ0n) is 19.5. The van der Waals surface area contributed by atoms with Crippen LogP contribution in [0.15, 0.2) is 82.6 Å². The van der Waals surface area contributed by atoms with E-state index < -0.39 is 0 Å². The van der Waals surface area contributed by atoms with Gasteiger partial charge in [-0.25, -0.2) is 0 Å². The molecule has 2 N–H and O–H groups in total. The summed E-state index contributed by atoms with van der Waals surface area (Å²) in [7, 11) is 0. The summed E-state index contributed by atoms with van der Waals surface area (Å²) in [6.07, 6.45) is 4.29. The number of aromatic amines is 1. The van der Waals surface area contributed by atoms with Crippen molar-refractivity contribution in [2.24, 2.45) is 0 Å². The normalized spacial score (nSPS) is 16.3. The number of aromatic nitrogens is 2. The van der Waals surface area contributed by atoms with Crippen molar-refractivity contribution in [1.29, 1.82) is 0 Å². The largest absolute Gasteiger partial charge is 0.347 e. The number of rotatable bonds is 6. The number of benzene rings is 3. The van der Waals surface area contributed by atoms with Gasteiger partial charge in [-0.15, -0.1) is 0 Å². The molecule has 0 spiro atoms. The monoisotopic (exact) mass is 480 g/mol. The highest BCUT2D eigenvalue weighted by atomic mass is 32.2. The molecule has 4 aromatic rings. The molecule has 0 radical (unpaired) electrons. The highest BCUT2D eigenvalue weighted by molar-refractivity contribution is 8.04. The minimum absolute atomic E-state index is 0.0502. The van der Waals surface area contributed by atoms with Crippen LogP contribution in [0, 0.1) is 0 Å². The van der Waals surface area contributed by atoms with Crippen molar-refractivity contribution in [2.45, 2.75) is 36.7 Å². The molecule has 1 fully saturated rings. The number of hydrogen-bond acceptors (Lipinski definition) is 4. The third-order valence-corrected chi connectivity index (χ3v) is 8.18. The molecule has 6 heteroatoms. The summed E-state index contributed by atoms with van der Waals surface area (Å²) in [5.41, 5.74) is 5.76. The molecule has 1 saturated heterocycles. The number of carbonyl (C=O) groups excluding carboxylic acids is 1. The second-order valence-electron chi connectivity index (χ2n) is 9.31. The van der Waals surface area contributed by atoms with Crippen LogP contribution in [0.4, 0.5) is 0 Å². The van der Waals surface area contributed by atoms with E-state index in [1.165, 1.54) is 41.3 Å². The smallest absolute Gasteiger partial charge is 0.258 e. The molecule has 0 saturated carbocycles. The van der Waals surface area contributed by atoms with Crippen LogP contribution in [0.1, 0.15) is 41.1 Å². The van der Waals surface area contributed by atoms with Crippen molar-refractivity contribution in [1.82, 2.24) is 20.4 Å². The maximum absolute atomic E-state index is 13.0. The van der Waals surface area contributed by atoms with Gasteiger partial charge in [-0.2, -0.15) is 5.10 Å². The van der Waals surface area contributed by atoms with Crippen molar-refractivity contribution < 1.29 is 4.79 Å². The molecular formula is C29H28N4OS. The zero-order chi connectivity index (χ0) is 23.6. The highest BCUT2D eigenvalue weighted by Gasteiger charge is 2.23. The summed E-state index contributed by atoms with van der Waals surface area (Å²) in [5, 5.41) is 11.6. The van der Waals surface area contributed by atoms with Crippen LogP contribution in [-0.4, -0.2) is 34.1 Å². The number of amides is 1. The molecule has 176 valence electrons. The van der Waals surface area contributed by atoms with Gasteiger partial charge in [0.2, 0.25) is 0 Å². The van der Waals surface area contributed by atoms with E-state index in [0.29, 0.717) is 17.4 Å². The highest BCUT2D eigenvalue weighted by Crippen LogP contribution is 2.39. The fourth-order valence-corrected chi connectivity index (χ4v) is 6.22. The van der Waals surface area contributed by atoms with Crippen molar-refractivity contribution >= 4 is 34.6 Å².